The predicted molar refractivity (Wildman–Crippen MR) is 99.8 cm³/mol. The van der Waals surface area contributed by atoms with Crippen molar-refractivity contribution in [3.63, 3.8) is 0 Å². The van der Waals surface area contributed by atoms with Crippen molar-refractivity contribution in [1.82, 2.24) is 19.7 Å². The molecular formula is C18H15N5O2S. The van der Waals surface area contributed by atoms with Crippen molar-refractivity contribution in [1.29, 1.82) is 0 Å². The van der Waals surface area contributed by atoms with Gasteiger partial charge in [0.2, 0.25) is 0 Å². The number of carbonyl (C=O) groups excluding carboxylic acids is 1. The number of ether oxygens (including phenoxy) is 1. The van der Waals surface area contributed by atoms with Crippen LogP contribution in [-0.4, -0.2) is 25.7 Å². The van der Waals surface area contributed by atoms with Gasteiger partial charge in [0.15, 0.2) is 5.82 Å². The molecule has 0 aliphatic carbocycles. The minimum atomic E-state index is -0.235. The number of nitrogens with one attached hydrogen (secondary N) is 1. The van der Waals surface area contributed by atoms with Crippen LogP contribution in [0, 0.1) is 6.92 Å². The van der Waals surface area contributed by atoms with Crippen LogP contribution in [0.3, 0.4) is 0 Å². The molecule has 8 heteroatoms. The van der Waals surface area contributed by atoms with E-state index in [1.54, 1.807) is 35.6 Å². The molecule has 26 heavy (non-hydrogen) atoms. The van der Waals surface area contributed by atoms with Crippen LogP contribution in [0.25, 0.3) is 10.9 Å². The largest absolute Gasteiger partial charge is 0.455 e. The third-order valence-corrected chi connectivity index (χ3v) is 4.81. The molecule has 0 radical (unpaired) electrons. The number of aryl methyl sites for hydroxylation is 2. The van der Waals surface area contributed by atoms with Gasteiger partial charge in [0.05, 0.1) is 28.3 Å². The normalized spacial score (nSPS) is 10.8. The Bertz CT molecular complexity index is 1090. The zero-order valence-corrected chi connectivity index (χ0v) is 14.9. The van der Waals surface area contributed by atoms with E-state index in [0.717, 1.165) is 10.9 Å². The summed E-state index contributed by atoms with van der Waals surface area (Å²) in [6.07, 6.45) is 3.31. The van der Waals surface area contributed by atoms with Crippen molar-refractivity contribution < 1.29 is 9.53 Å². The fraction of sp³-hybridized carbons (Fsp3) is 0.111. The van der Waals surface area contributed by atoms with Gasteiger partial charge in [0.25, 0.3) is 5.91 Å². The minimum absolute atomic E-state index is 0.235. The van der Waals surface area contributed by atoms with E-state index in [4.69, 9.17) is 4.74 Å². The molecular weight excluding hydrogens is 350 g/mol. The molecule has 0 aliphatic heterocycles. The molecule has 1 N–H and O–H groups in total. The Balaban J connectivity index is 1.75. The van der Waals surface area contributed by atoms with Gasteiger partial charge in [-0.2, -0.15) is 5.10 Å². The number of anilines is 1. The second-order valence-electron chi connectivity index (χ2n) is 5.63. The van der Waals surface area contributed by atoms with Gasteiger partial charge in [-0.05, 0) is 31.2 Å². The maximum atomic E-state index is 12.6. The molecule has 1 aromatic carbocycles. The fourth-order valence-corrected chi connectivity index (χ4v) is 3.37. The number of aromatic nitrogens is 4. The zero-order valence-electron chi connectivity index (χ0n) is 14.1. The third kappa shape index (κ3) is 2.91. The van der Waals surface area contributed by atoms with Crippen LogP contribution in [0.15, 0.2) is 48.2 Å². The Hall–Kier alpha value is -3.26. The summed E-state index contributed by atoms with van der Waals surface area (Å²) in [7, 11) is 1.82. The Kier molecular flexibility index (Phi) is 4.10. The number of fused-ring (bicyclic) bond motifs is 1. The molecule has 1 amide bonds. The summed E-state index contributed by atoms with van der Waals surface area (Å²) >= 11 is 1.30. The van der Waals surface area contributed by atoms with Gasteiger partial charge in [-0.1, -0.05) is 6.07 Å². The lowest BCUT2D eigenvalue weighted by atomic mass is 10.2. The molecule has 0 spiro atoms. The Morgan fingerprint density at radius 3 is 2.88 bits per heavy atom. The van der Waals surface area contributed by atoms with Crippen LogP contribution in [-0.2, 0) is 7.05 Å². The van der Waals surface area contributed by atoms with E-state index in [2.05, 4.69) is 20.4 Å². The lowest BCUT2D eigenvalue weighted by molar-refractivity contribution is 0.102. The molecule has 3 aromatic heterocycles. The highest BCUT2D eigenvalue weighted by Gasteiger charge is 2.19. The summed E-state index contributed by atoms with van der Waals surface area (Å²) in [5, 5.41) is 8.05. The van der Waals surface area contributed by atoms with Crippen molar-refractivity contribution in [3.05, 3.63) is 58.8 Å². The smallest absolute Gasteiger partial charge is 0.268 e. The zero-order chi connectivity index (χ0) is 18.1. The Labute approximate surface area is 153 Å². The van der Waals surface area contributed by atoms with E-state index < -0.39 is 0 Å². The molecule has 130 valence electrons. The summed E-state index contributed by atoms with van der Waals surface area (Å²) in [6, 6.07) is 9.26. The Morgan fingerprint density at radius 1 is 1.27 bits per heavy atom. The number of carbonyl (C=O) groups is 1. The average molecular weight is 365 g/mol. The monoisotopic (exact) mass is 365 g/mol. The molecule has 7 nitrogen and oxygen atoms in total. The van der Waals surface area contributed by atoms with Gasteiger partial charge in [-0.25, -0.2) is 4.98 Å². The van der Waals surface area contributed by atoms with E-state index in [9.17, 15) is 4.79 Å². The first-order valence-electron chi connectivity index (χ1n) is 7.88. The molecule has 0 unspecified atom stereocenters. The second-order valence-corrected chi connectivity index (χ2v) is 6.49. The quantitative estimate of drug-likeness (QED) is 0.595. The fourth-order valence-electron chi connectivity index (χ4n) is 2.67. The summed E-state index contributed by atoms with van der Waals surface area (Å²) in [4.78, 5) is 21.3. The highest BCUT2D eigenvalue weighted by atomic mass is 32.1. The standard InChI is InChI=1S/C18H15N5O2S/c1-11-16(26-10-20-11)18(24)21-17-15-13(23(2)22-17)6-3-7-14(15)25-12-5-4-8-19-9-12/h3-10H,1-2H3,(H,21,22,24). The second kappa shape index (κ2) is 6.57. The van der Waals surface area contributed by atoms with Gasteiger partial charge in [0.1, 0.15) is 16.4 Å². The van der Waals surface area contributed by atoms with E-state index in [0.29, 0.717) is 27.9 Å². The van der Waals surface area contributed by atoms with Crippen LogP contribution in [0.5, 0.6) is 11.5 Å². The molecule has 0 aliphatic rings. The van der Waals surface area contributed by atoms with Crippen LogP contribution in [0.4, 0.5) is 5.82 Å². The minimum Gasteiger partial charge on any atom is -0.455 e. The summed E-state index contributed by atoms with van der Waals surface area (Å²) in [5.74, 6) is 1.42. The van der Waals surface area contributed by atoms with Crippen molar-refractivity contribution in [3.8, 4) is 11.5 Å². The number of thiazole rings is 1. The lowest BCUT2D eigenvalue weighted by Crippen LogP contribution is -2.12. The van der Waals surface area contributed by atoms with E-state index in [1.165, 1.54) is 11.3 Å². The average Bonchev–Trinajstić information content (AvgIpc) is 3.20. The first-order valence-corrected chi connectivity index (χ1v) is 8.76. The van der Waals surface area contributed by atoms with Crippen molar-refractivity contribution in [2.45, 2.75) is 6.92 Å². The van der Waals surface area contributed by atoms with Gasteiger partial charge >= 0.3 is 0 Å². The van der Waals surface area contributed by atoms with Crippen LogP contribution in [0.2, 0.25) is 0 Å². The molecule has 0 saturated heterocycles. The SMILES string of the molecule is Cc1ncsc1C(=O)Nc1nn(C)c2cccc(Oc3cccnc3)c12. The third-order valence-electron chi connectivity index (χ3n) is 3.89. The van der Waals surface area contributed by atoms with Gasteiger partial charge in [-0.3, -0.25) is 14.5 Å². The van der Waals surface area contributed by atoms with Crippen LogP contribution < -0.4 is 10.1 Å². The van der Waals surface area contributed by atoms with Crippen molar-refractivity contribution in [2.24, 2.45) is 7.05 Å². The number of benzene rings is 1. The van der Waals surface area contributed by atoms with Gasteiger partial charge in [0, 0.05) is 13.2 Å². The predicted octanol–water partition coefficient (Wildman–Crippen LogP) is 3.78. The highest BCUT2D eigenvalue weighted by Crippen LogP contribution is 2.34. The van der Waals surface area contributed by atoms with Gasteiger partial charge in [-0.15, -0.1) is 11.3 Å². The maximum Gasteiger partial charge on any atom is 0.268 e. The maximum absolute atomic E-state index is 12.6. The number of hydrogen-bond donors (Lipinski definition) is 1. The molecule has 0 bridgehead atoms. The Morgan fingerprint density at radius 2 is 2.15 bits per heavy atom. The van der Waals surface area contributed by atoms with Crippen LogP contribution >= 0.6 is 11.3 Å². The number of pyridine rings is 1. The highest BCUT2D eigenvalue weighted by molar-refractivity contribution is 7.12. The molecule has 4 rings (SSSR count). The molecule has 0 saturated carbocycles. The summed E-state index contributed by atoms with van der Waals surface area (Å²) in [6.45, 7) is 1.80. The first kappa shape index (κ1) is 16.2. The lowest BCUT2D eigenvalue weighted by Gasteiger charge is -2.08. The van der Waals surface area contributed by atoms with E-state index in [1.807, 2.05) is 31.3 Å². The van der Waals surface area contributed by atoms with Crippen molar-refractivity contribution in [2.75, 3.05) is 5.32 Å². The molecule has 3 heterocycles. The summed E-state index contributed by atoms with van der Waals surface area (Å²) in [5.41, 5.74) is 3.19. The topological polar surface area (TPSA) is 81.9 Å². The number of rotatable bonds is 4. The van der Waals surface area contributed by atoms with Crippen LogP contribution in [0.1, 0.15) is 15.4 Å². The number of amides is 1. The number of nitrogens with zero attached hydrogens (tertiary/aromatic N) is 4. The number of hydrogen-bond acceptors (Lipinski definition) is 6. The molecule has 4 aromatic rings. The van der Waals surface area contributed by atoms with E-state index in [-0.39, 0.29) is 5.91 Å². The summed E-state index contributed by atoms with van der Waals surface area (Å²) < 4.78 is 7.67. The first-order chi connectivity index (χ1) is 12.6. The molecule has 0 atom stereocenters. The van der Waals surface area contributed by atoms with E-state index >= 15 is 0 Å². The van der Waals surface area contributed by atoms with Gasteiger partial charge < -0.3 is 10.1 Å². The molecule has 0 fully saturated rings. The van der Waals surface area contributed by atoms with Crippen molar-refractivity contribution >= 4 is 34.0 Å².